The molecule has 0 aromatic heterocycles. The minimum Gasteiger partial charge on any atom is -0.343 e. The lowest BCUT2D eigenvalue weighted by molar-refractivity contribution is -0.132. The predicted octanol–water partition coefficient (Wildman–Crippen LogP) is 0.786. The summed E-state index contributed by atoms with van der Waals surface area (Å²) in [6, 6.07) is 0. The molecule has 1 N–H and O–H groups in total. The van der Waals surface area contributed by atoms with E-state index >= 15 is 0 Å². The minimum atomic E-state index is 0.333. The van der Waals surface area contributed by atoms with Crippen LogP contribution in [-0.2, 0) is 4.79 Å². The molecule has 4 nitrogen and oxygen atoms in total. The summed E-state index contributed by atoms with van der Waals surface area (Å²) in [5.74, 6) is 0.894. The third kappa shape index (κ3) is 5.50. The summed E-state index contributed by atoms with van der Waals surface area (Å²) in [4.78, 5) is 16.3. The third-order valence-corrected chi connectivity index (χ3v) is 3.39. The van der Waals surface area contributed by atoms with Gasteiger partial charge in [0.2, 0.25) is 5.91 Å². The second-order valence-corrected chi connectivity index (χ2v) is 5.19. The van der Waals surface area contributed by atoms with Gasteiger partial charge in [-0.05, 0) is 59.4 Å². The van der Waals surface area contributed by atoms with E-state index in [4.69, 9.17) is 0 Å². The van der Waals surface area contributed by atoms with Gasteiger partial charge in [0.1, 0.15) is 0 Å². The lowest BCUT2D eigenvalue weighted by atomic mass is 10.0. The second-order valence-electron chi connectivity index (χ2n) is 5.19. The second kappa shape index (κ2) is 7.67. The summed E-state index contributed by atoms with van der Waals surface area (Å²) >= 11 is 0. The molecule has 1 atom stereocenters. The molecule has 1 aliphatic heterocycles. The van der Waals surface area contributed by atoms with E-state index < -0.39 is 0 Å². The fourth-order valence-electron chi connectivity index (χ4n) is 2.30. The van der Waals surface area contributed by atoms with E-state index in [9.17, 15) is 4.79 Å². The van der Waals surface area contributed by atoms with E-state index in [0.29, 0.717) is 11.8 Å². The molecule has 17 heavy (non-hydrogen) atoms. The summed E-state index contributed by atoms with van der Waals surface area (Å²) in [6.07, 6.45) is 2.94. The number of carbonyl (C=O) groups is 1. The van der Waals surface area contributed by atoms with Gasteiger partial charge in [-0.15, -0.1) is 0 Å². The first-order valence-electron chi connectivity index (χ1n) is 6.76. The van der Waals surface area contributed by atoms with Crippen molar-refractivity contribution < 1.29 is 4.79 Å². The van der Waals surface area contributed by atoms with E-state index in [1.165, 1.54) is 0 Å². The molecule has 1 unspecified atom stereocenters. The zero-order valence-corrected chi connectivity index (χ0v) is 11.5. The van der Waals surface area contributed by atoms with Crippen molar-refractivity contribution in [3.05, 3.63) is 0 Å². The van der Waals surface area contributed by atoms with Crippen molar-refractivity contribution in [1.29, 1.82) is 0 Å². The number of nitrogens with one attached hydrogen (secondary N) is 1. The highest BCUT2D eigenvalue weighted by molar-refractivity contribution is 5.76. The number of nitrogens with zero attached hydrogens (tertiary/aromatic N) is 2. The van der Waals surface area contributed by atoms with E-state index in [2.05, 4.69) is 31.2 Å². The topological polar surface area (TPSA) is 35.6 Å². The van der Waals surface area contributed by atoms with Gasteiger partial charge >= 0.3 is 0 Å². The fraction of sp³-hybridized carbons (Fsp3) is 0.923. The van der Waals surface area contributed by atoms with Crippen LogP contribution in [0, 0.1) is 5.92 Å². The molecule has 1 heterocycles. The highest BCUT2D eigenvalue weighted by atomic mass is 16.2. The summed E-state index contributed by atoms with van der Waals surface area (Å²) in [7, 11) is 4.14. The van der Waals surface area contributed by atoms with Crippen molar-refractivity contribution >= 4 is 5.91 Å². The van der Waals surface area contributed by atoms with E-state index in [-0.39, 0.29) is 0 Å². The summed E-state index contributed by atoms with van der Waals surface area (Å²) in [5, 5.41) is 3.32. The fourth-order valence-corrected chi connectivity index (χ4v) is 2.30. The molecular weight excluding hydrogens is 214 g/mol. The van der Waals surface area contributed by atoms with Gasteiger partial charge < -0.3 is 15.1 Å². The van der Waals surface area contributed by atoms with Crippen molar-refractivity contribution in [1.82, 2.24) is 15.1 Å². The van der Waals surface area contributed by atoms with Crippen LogP contribution in [0.5, 0.6) is 0 Å². The van der Waals surface area contributed by atoms with Crippen molar-refractivity contribution in [2.45, 2.75) is 26.2 Å². The first-order valence-corrected chi connectivity index (χ1v) is 6.76. The van der Waals surface area contributed by atoms with Gasteiger partial charge in [-0.3, -0.25) is 4.79 Å². The molecule has 1 aliphatic rings. The average Bonchev–Trinajstić information content (AvgIpc) is 2.76. The van der Waals surface area contributed by atoms with Gasteiger partial charge in [0, 0.05) is 19.5 Å². The summed E-state index contributed by atoms with van der Waals surface area (Å²) in [6.45, 7) is 6.95. The Morgan fingerprint density at radius 1 is 1.35 bits per heavy atom. The van der Waals surface area contributed by atoms with Crippen molar-refractivity contribution in [3.8, 4) is 0 Å². The zero-order chi connectivity index (χ0) is 12.7. The van der Waals surface area contributed by atoms with Gasteiger partial charge in [0.25, 0.3) is 0 Å². The number of hydrogen-bond acceptors (Lipinski definition) is 3. The maximum absolute atomic E-state index is 12.1. The van der Waals surface area contributed by atoms with Crippen LogP contribution in [0.2, 0.25) is 0 Å². The first kappa shape index (κ1) is 14.5. The van der Waals surface area contributed by atoms with Gasteiger partial charge in [0.05, 0.1) is 0 Å². The monoisotopic (exact) mass is 241 g/mol. The molecule has 0 aliphatic carbocycles. The Balaban J connectivity index is 2.25. The minimum absolute atomic E-state index is 0.333. The van der Waals surface area contributed by atoms with Crippen LogP contribution >= 0.6 is 0 Å². The molecule has 0 bridgehead atoms. The van der Waals surface area contributed by atoms with Crippen LogP contribution in [0.15, 0.2) is 0 Å². The Morgan fingerprint density at radius 2 is 2.12 bits per heavy atom. The van der Waals surface area contributed by atoms with E-state index in [0.717, 1.165) is 52.0 Å². The smallest absolute Gasteiger partial charge is 0.222 e. The van der Waals surface area contributed by atoms with E-state index in [1.807, 2.05) is 4.90 Å². The Labute approximate surface area is 105 Å². The maximum Gasteiger partial charge on any atom is 0.222 e. The van der Waals surface area contributed by atoms with Crippen molar-refractivity contribution in [2.24, 2.45) is 5.92 Å². The average molecular weight is 241 g/mol. The Bertz CT molecular complexity index is 225. The largest absolute Gasteiger partial charge is 0.343 e. The van der Waals surface area contributed by atoms with Crippen LogP contribution in [0.3, 0.4) is 0 Å². The molecule has 0 aromatic rings. The van der Waals surface area contributed by atoms with Gasteiger partial charge in [-0.2, -0.15) is 0 Å². The summed E-state index contributed by atoms with van der Waals surface area (Å²) in [5.41, 5.74) is 0. The lowest BCUT2D eigenvalue weighted by Gasteiger charge is -2.23. The molecule has 0 radical (unpaired) electrons. The van der Waals surface area contributed by atoms with Crippen LogP contribution in [0.25, 0.3) is 0 Å². The van der Waals surface area contributed by atoms with Crippen LogP contribution in [0.4, 0.5) is 0 Å². The Morgan fingerprint density at radius 3 is 2.65 bits per heavy atom. The lowest BCUT2D eigenvalue weighted by Crippen LogP contribution is -2.34. The van der Waals surface area contributed by atoms with Gasteiger partial charge in [0.15, 0.2) is 0 Å². The Hall–Kier alpha value is -0.610. The SMILES string of the molecule is CCN(CCCN(C)C)C(=O)CC1CCNC1. The highest BCUT2D eigenvalue weighted by Gasteiger charge is 2.20. The summed E-state index contributed by atoms with van der Waals surface area (Å²) < 4.78 is 0. The van der Waals surface area contributed by atoms with Gasteiger partial charge in [-0.1, -0.05) is 0 Å². The zero-order valence-electron chi connectivity index (χ0n) is 11.5. The molecule has 100 valence electrons. The molecule has 4 heteroatoms. The number of rotatable bonds is 7. The molecule has 0 saturated carbocycles. The molecule has 1 rings (SSSR count). The standard InChI is InChI=1S/C13H27N3O/c1-4-16(9-5-8-15(2)3)13(17)10-12-6-7-14-11-12/h12,14H,4-11H2,1-3H3. The van der Waals surface area contributed by atoms with Crippen LogP contribution in [0.1, 0.15) is 26.2 Å². The number of carbonyl (C=O) groups excluding carboxylic acids is 1. The van der Waals surface area contributed by atoms with Crippen molar-refractivity contribution in [3.63, 3.8) is 0 Å². The number of hydrogen-bond donors (Lipinski definition) is 1. The molecule has 0 aromatic carbocycles. The van der Waals surface area contributed by atoms with Gasteiger partial charge in [-0.25, -0.2) is 0 Å². The quantitative estimate of drug-likeness (QED) is 0.716. The molecule has 0 spiro atoms. The van der Waals surface area contributed by atoms with E-state index in [1.54, 1.807) is 0 Å². The van der Waals surface area contributed by atoms with Crippen LogP contribution in [-0.4, -0.2) is 62.5 Å². The third-order valence-electron chi connectivity index (χ3n) is 3.39. The predicted molar refractivity (Wildman–Crippen MR) is 71.0 cm³/mol. The Kier molecular flexibility index (Phi) is 6.52. The normalized spacial score (nSPS) is 19.9. The van der Waals surface area contributed by atoms with Crippen molar-refractivity contribution in [2.75, 3.05) is 46.8 Å². The highest BCUT2D eigenvalue weighted by Crippen LogP contribution is 2.13. The molecule has 1 saturated heterocycles. The number of amides is 1. The maximum atomic E-state index is 12.1. The first-order chi connectivity index (χ1) is 8.13. The molecule has 1 amide bonds. The molecule has 1 fully saturated rings. The molecular formula is C13H27N3O. The van der Waals surface area contributed by atoms with Crippen LogP contribution < -0.4 is 5.32 Å².